The van der Waals surface area contributed by atoms with Crippen LogP contribution < -0.4 is 10.2 Å². The lowest BCUT2D eigenvalue weighted by Crippen LogP contribution is -2.50. The van der Waals surface area contributed by atoms with E-state index < -0.39 is 17.0 Å². The van der Waals surface area contributed by atoms with Crippen LogP contribution in [0.3, 0.4) is 0 Å². The van der Waals surface area contributed by atoms with Crippen LogP contribution in [0.5, 0.6) is 5.88 Å². The number of halogens is 1. The highest BCUT2D eigenvalue weighted by Gasteiger charge is 2.38. The van der Waals surface area contributed by atoms with E-state index in [1.807, 2.05) is 27.7 Å². The van der Waals surface area contributed by atoms with Gasteiger partial charge in [0.05, 0.1) is 24.5 Å². The molecule has 1 aromatic rings. The summed E-state index contributed by atoms with van der Waals surface area (Å²) in [7, 11) is 4.53. The van der Waals surface area contributed by atoms with Crippen LogP contribution in [0.25, 0.3) is 0 Å². The summed E-state index contributed by atoms with van der Waals surface area (Å²) in [6.07, 6.45) is 1.10. The Morgan fingerprint density at radius 3 is 2.32 bits per heavy atom. The Hall–Kier alpha value is -1.14. The van der Waals surface area contributed by atoms with Crippen molar-refractivity contribution in [2.24, 2.45) is 0 Å². The van der Waals surface area contributed by atoms with Gasteiger partial charge in [-0.2, -0.15) is 0 Å². The molecule has 0 aromatic carbocycles. The molecule has 0 N–H and O–H groups in total. The van der Waals surface area contributed by atoms with Crippen LogP contribution in [0.1, 0.15) is 27.7 Å². The van der Waals surface area contributed by atoms with E-state index in [-0.39, 0.29) is 0 Å². The average Bonchev–Trinajstić information content (AvgIpc) is 2.36. The first-order valence-electron chi connectivity index (χ1n) is 5.99. The van der Waals surface area contributed by atoms with E-state index in [1.165, 1.54) is 20.7 Å². The number of methoxy groups -OCH3 is 2. The molecule has 0 atom stereocenters. The Morgan fingerprint density at radius 2 is 1.79 bits per heavy atom. The van der Waals surface area contributed by atoms with Crippen molar-refractivity contribution in [3.8, 4) is 5.88 Å². The van der Waals surface area contributed by atoms with E-state index in [0.717, 1.165) is 6.20 Å². The maximum absolute atomic E-state index is 13.2. The van der Waals surface area contributed by atoms with Crippen molar-refractivity contribution in [2.75, 3.05) is 14.2 Å². The summed E-state index contributed by atoms with van der Waals surface area (Å²) in [5, 5.41) is 0. The molecule has 1 aromatic heterocycles. The van der Waals surface area contributed by atoms with Crippen LogP contribution in [0.4, 0.5) is 4.39 Å². The zero-order valence-corrected chi connectivity index (χ0v) is 12.3. The number of pyridine rings is 1. The minimum absolute atomic E-state index is 0.312. The SMILES string of the molecule is COc1ncc(F)cc1[B]OC(C)(C)C(C)(C)OC. The highest BCUT2D eigenvalue weighted by Crippen LogP contribution is 2.27. The quantitative estimate of drug-likeness (QED) is 0.736. The molecule has 0 saturated carbocycles. The summed E-state index contributed by atoms with van der Waals surface area (Å²) in [5.41, 5.74) is -0.654. The lowest BCUT2D eigenvalue weighted by atomic mass is 9.83. The van der Waals surface area contributed by atoms with Gasteiger partial charge >= 0.3 is 7.48 Å². The third-order valence-electron chi connectivity index (χ3n) is 3.48. The molecule has 19 heavy (non-hydrogen) atoms. The van der Waals surface area contributed by atoms with Crippen molar-refractivity contribution < 1.29 is 18.5 Å². The summed E-state index contributed by atoms with van der Waals surface area (Å²) >= 11 is 0. The molecule has 105 valence electrons. The van der Waals surface area contributed by atoms with Gasteiger partial charge in [0.1, 0.15) is 5.82 Å². The van der Waals surface area contributed by atoms with E-state index in [1.54, 1.807) is 7.11 Å². The zero-order chi connectivity index (χ0) is 14.7. The van der Waals surface area contributed by atoms with Gasteiger partial charge in [0.15, 0.2) is 0 Å². The molecule has 1 heterocycles. The molecular formula is C13H20BFNO3. The second-order valence-electron chi connectivity index (χ2n) is 5.21. The molecule has 0 aliphatic rings. The zero-order valence-electron chi connectivity index (χ0n) is 12.3. The lowest BCUT2D eigenvalue weighted by Gasteiger charge is -2.40. The Morgan fingerprint density at radius 1 is 1.16 bits per heavy atom. The minimum Gasteiger partial charge on any atom is -0.481 e. The Kier molecular flexibility index (Phi) is 4.93. The first-order valence-corrected chi connectivity index (χ1v) is 5.99. The highest BCUT2D eigenvalue weighted by molar-refractivity contribution is 6.48. The van der Waals surface area contributed by atoms with Crippen molar-refractivity contribution in [3.05, 3.63) is 18.1 Å². The fraction of sp³-hybridized carbons (Fsp3) is 0.615. The van der Waals surface area contributed by atoms with Crippen LogP contribution in [0.15, 0.2) is 12.3 Å². The van der Waals surface area contributed by atoms with Gasteiger partial charge in [-0.15, -0.1) is 0 Å². The van der Waals surface area contributed by atoms with Gasteiger partial charge in [-0.05, 0) is 33.8 Å². The van der Waals surface area contributed by atoms with E-state index in [2.05, 4.69) is 4.98 Å². The van der Waals surface area contributed by atoms with Crippen LogP contribution in [0, 0.1) is 5.82 Å². The van der Waals surface area contributed by atoms with Gasteiger partial charge in [0.2, 0.25) is 5.88 Å². The van der Waals surface area contributed by atoms with Gasteiger partial charge < -0.3 is 14.1 Å². The summed E-state index contributed by atoms with van der Waals surface area (Å²) in [6, 6.07) is 1.31. The molecule has 0 unspecified atom stereocenters. The van der Waals surface area contributed by atoms with Crippen molar-refractivity contribution >= 4 is 12.9 Å². The van der Waals surface area contributed by atoms with Crippen LogP contribution in [0.2, 0.25) is 0 Å². The average molecular weight is 268 g/mol. The third kappa shape index (κ3) is 3.67. The Labute approximate surface area is 114 Å². The molecule has 0 saturated heterocycles. The fourth-order valence-electron chi connectivity index (χ4n) is 1.30. The van der Waals surface area contributed by atoms with Crippen LogP contribution in [-0.2, 0) is 9.39 Å². The van der Waals surface area contributed by atoms with Crippen molar-refractivity contribution in [1.29, 1.82) is 0 Å². The van der Waals surface area contributed by atoms with E-state index in [4.69, 9.17) is 14.1 Å². The van der Waals surface area contributed by atoms with Gasteiger partial charge in [-0.1, -0.05) is 0 Å². The molecule has 0 aliphatic carbocycles. The van der Waals surface area contributed by atoms with Crippen LogP contribution in [-0.4, -0.2) is 37.9 Å². The predicted octanol–water partition coefficient (Wildman–Crippen LogP) is 1.69. The van der Waals surface area contributed by atoms with E-state index in [9.17, 15) is 4.39 Å². The number of hydrogen-bond acceptors (Lipinski definition) is 4. The van der Waals surface area contributed by atoms with E-state index in [0.29, 0.717) is 11.3 Å². The number of aromatic nitrogens is 1. The lowest BCUT2D eigenvalue weighted by molar-refractivity contribution is -0.114. The maximum atomic E-state index is 13.2. The van der Waals surface area contributed by atoms with E-state index >= 15 is 0 Å². The molecule has 0 aliphatic heterocycles. The first-order chi connectivity index (χ1) is 8.73. The summed E-state index contributed by atoms with van der Waals surface area (Å²) in [4.78, 5) is 3.84. The number of rotatable bonds is 6. The van der Waals surface area contributed by atoms with Gasteiger partial charge in [0.25, 0.3) is 0 Å². The van der Waals surface area contributed by atoms with Gasteiger partial charge in [0, 0.05) is 12.6 Å². The molecule has 0 fully saturated rings. The smallest absolute Gasteiger partial charge is 0.336 e. The Bertz CT molecular complexity index is 438. The van der Waals surface area contributed by atoms with Crippen LogP contribution >= 0.6 is 0 Å². The monoisotopic (exact) mass is 268 g/mol. The van der Waals surface area contributed by atoms with Crippen molar-refractivity contribution in [3.63, 3.8) is 0 Å². The third-order valence-corrected chi connectivity index (χ3v) is 3.48. The summed E-state index contributed by atoms with van der Waals surface area (Å²) < 4.78 is 29.4. The molecular weight excluding hydrogens is 248 g/mol. The first kappa shape index (κ1) is 15.9. The summed E-state index contributed by atoms with van der Waals surface area (Å²) in [5.74, 6) is -0.133. The van der Waals surface area contributed by atoms with Gasteiger partial charge in [-0.3, -0.25) is 0 Å². The molecule has 0 spiro atoms. The molecule has 1 radical (unpaired) electrons. The second kappa shape index (κ2) is 5.88. The number of ether oxygens (including phenoxy) is 2. The number of nitrogens with zero attached hydrogens (tertiary/aromatic N) is 1. The van der Waals surface area contributed by atoms with Crippen molar-refractivity contribution in [1.82, 2.24) is 4.98 Å². The standard InChI is InChI=1S/C13H20BFNO3/c1-12(2,18-6)13(3,4)19-14-10-7-9(15)8-16-11(10)17-5/h7-8H,1-6H3. The van der Waals surface area contributed by atoms with Gasteiger partial charge in [-0.25, -0.2) is 9.37 Å². The topological polar surface area (TPSA) is 40.6 Å². The molecule has 1 rings (SSSR count). The highest BCUT2D eigenvalue weighted by atomic mass is 19.1. The maximum Gasteiger partial charge on any atom is 0.336 e. The second-order valence-corrected chi connectivity index (χ2v) is 5.21. The van der Waals surface area contributed by atoms with Crippen molar-refractivity contribution in [2.45, 2.75) is 38.9 Å². The molecule has 4 nitrogen and oxygen atoms in total. The fourth-order valence-corrected chi connectivity index (χ4v) is 1.30. The predicted molar refractivity (Wildman–Crippen MR) is 72.4 cm³/mol. The molecule has 0 bridgehead atoms. The molecule has 6 heteroatoms. The Balaban J connectivity index is 2.84. The normalized spacial score (nSPS) is 12.4. The molecule has 0 amide bonds. The summed E-state index contributed by atoms with van der Waals surface area (Å²) in [6.45, 7) is 7.63. The number of hydrogen-bond donors (Lipinski definition) is 0. The minimum atomic E-state index is -0.598. The largest absolute Gasteiger partial charge is 0.481 e.